The third-order valence-corrected chi connectivity index (χ3v) is 2.10. The smallest absolute Gasteiger partial charge is 0.134 e. The van der Waals surface area contributed by atoms with Crippen molar-refractivity contribution in [1.82, 2.24) is 0 Å². The average molecular weight is 208 g/mol. The molecule has 0 saturated heterocycles. The molecule has 1 rings (SSSR count). The van der Waals surface area contributed by atoms with Gasteiger partial charge >= 0.3 is 0 Å². The van der Waals surface area contributed by atoms with Gasteiger partial charge in [0.1, 0.15) is 11.5 Å². The number of hydrogen-bond acceptors (Lipinski definition) is 3. The lowest BCUT2D eigenvalue weighted by Crippen LogP contribution is -2.01. The minimum atomic E-state index is 0.128. The summed E-state index contributed by atoms with van der Waals surface area (Å²) >= 11 is 0. The largest absolute Gasteiger partial charge is 0.496 e. The van der Waals surface area contributed by atoms with Crippen LogP contribution >= 0.6 is 0 Å². The molecule has 82 valence electrons. The number of carbonyl (C=O) groups excluding carboxylic acids is 1. The quantitative estimate of drug-likeness (QED) is 0.742. The molecular formula is C12H16O3. The number of ketones is 1. The molecule has 0 aliphatic carbocycles. The minimum Gasteiger partial charge on any atom is -0.496 e. The van der Waals surface area contributed by atoms with E-state index >= 15 is 0 Å². The van der Waals surface area contributed by atoms with Gasteiger partial charge in [0.25, 0.3) is 0 Å². The van der Waals surface area contributed by atoms with Crippen LogP contribution in [0.4, 0.5) is 0 Å². The summed E-state index contributed by atoms with van der Waals surface area (Å²) in [7, 11) is 3.25. The molecule has 3 nitrogen and oxygen atoms in total. The number of benzene rings is 1. The van der Waals surface area contributed by atoms with Crippen molar-refractivity contribution in [3.05, 3.63) is 29.3 Å². The van der Waals surface area contributed by atoms with Crippen molar-refractivity contribution >= 4 is 5.78 Å². The molecule has 0 atom stereocenters. The highest BCUT2D eigenvalue weighted by atomic mass is 16.5. The van der Waals surface area contributed by atoms with Crippen LogP contribution in [0.1, 0.15) is 18.1 Å². The maximum Gasteiger partial charge on any atom is 0.134 e. The van der Waals surface area contributed by atoms with Crippen LogP contribution in [0, 0.1) is 0 Å². The highest BCUT2D eigenvalue weighted by molar-refractivity contribution is 5.79. The summed E-state index contributed by atoms with van der Waals surface area (Å²) in [6.45, 7) is 2.12. The van der Waals surface area contributed by atoms with Crippen LogP contribution in [0.2, 0.25) is 0 Å². The van der Waals surface area contributed by atoms with Gasteiger partial charge in [-0.15, -0.1) is 0 Å². The van der Waals surface area contributed by atoms with E-state index in [-0.39, 0.29) is 5.78 Å². The predicted molar refractivity (Wildman–Crippen MR) is 58.1 cm³/mol. The van der Waals surface area contributed by atoms with Crippen molar-refractivity contribution in [3.63, 3.8) is 0 Å². The van der Waals surface area contributed by atoms with Gasteiger partial charge in [-0.1, -0.05) is 6.07 Å². The first-order valence-electron chi connectivity index (χ1n) is 4.81. The number of hydrogen-bond donors (Lipinski definition) is 0. The van der Waals surface area contributed by atoms with E-state index in [1.54, 1.807) is 21.1 Å². The summed E-state index contributed by atoms with van der Waals surface area (Å²) in [6.07, 6.45) is 0.403. The molecule has 15 heavy (non-hydrogen) atoms. The molecule has 1 aromatic rings. The van der Waals surface area contributed by atoms with E-state index in [1.165, 1.54) is 0 Å². The molecule has 0 bridgehead atoms. The molecule has 0 aliphatic heterocycles. The van der Waals surface area contributed by atoms with Crippen molar-refractivity contribution in [3.8, 4) is 5.75 Å². The van der Waals surface area contributed by atoms with E-state index in [0.717, 1.165) is 16.9 Å². The lowest BCUT2D eigenvalue weighted by Gasteiger charge is -2.09. The predicted octanol–water partition coefficient (Wildman–Crippen LogP) is 1.97. The summed E-state index contributed by atoms with van der Waals surface area (Å²) < 4.78 is 10.2. The fourth-order valence-electron chi connectivity index (χ4n) is 1.49. The summed E-state index contributed by atoms with van der Waals surface area (Å²) in [4.78, 5) is 11.1. The minimum absolute atomic E-state index is 0.128. The number of Topliss-reactive ketones (excluding diaryl/α,β-unsaturated/α-hetero) is 1. The molecule has 0 spiro atoms. The van der Waals surface area contributed by atoms with Gasteiger partial charge in [-0.2, -0.15) is 0 Å². The van der Waals surface area contributed by atoms with Crippen LogP contribution in [0.15, 0.2) is 18.2 Å². The number of carbonyl (C=O) groups is 1. The zero-order chi connectivity index (χ0) is 11.3. The second kappa shape index (κ2) is 5.51. The fraction of sp³-hybridized carbons (Fsp3) is 0.417. The number of methoxy groups -OCH3 is 2. The fourth-order valence-corrected chi connectivity index (χ4v) is 1.49. The van der Waals surface area contributed by atoms with Gasteiger partial charge in [0.05, 0.1) is 13.7 Å². The Morgan fingerprint density at radius 3 is 2.60 bits per heavy atom. The molecule has 0 radical (unpaired) electrons. The first kappa shape index (κ1) is 11.7. The normalized spacial score (nSPS) is 10.1. The summed E-state index contributed by atoms with van der Waals surface area (Å²) in [5.41, 5.74) is 1.97. The Morgan fingerprint density at radius 1 is 1.33 bits per heavy atom. The number of ether oxygens (including phenoxy) is 2. The molecular weight excluding hydrogens is 192 g/mol. The SMILES string of the molecule is COCc1ccc(OC)c(CC(C)=O)c1. The van der Waals surface area contributed by atoms with Crippen LogP contribution in [-0.4, -0.2) is 20.0 Å². The third-order valence-electron chi connectivity index (χ3n) is 2.10. The maximum atomic E-state index is 11.1. The van der Waals surface area contributed by atoms with Crippen LogP contribution in [0.5, 0.6) is 5.75 Å². The molecule has 3 heteroatoms. The standard InChI is InChI=1S/C12H16O3/c1-9(13)6-11-7-10(8-14-2)4-5-12(11)15-3/h4-5,7H,6,8H2,1-3H3. The Labute approximate surface area is 90.0 Å². The Bertz CT molecular complexity index is 345. The third kappa shape index (κ3) is 3.36. The van der Waals surface area contributed by atoms with Gasteiger partial charge in [0.2, 0.25) is 0 Å². The van der Waals surface area contributed by atoms with E-state index in [1.807, 2.05) is 18.2 Å². The van der Waals surface area contributed by atoms with Gasteiger partial charge in [-0.25, -0.2) is 0 Å². The van der Waals surface area contributed by atoms with Crippen LogP contribution < -0.4 is 4.74 Å². The molecule has 0 saturated carbocycles. The Hall–Kier alpha value is -1.35. The van der Waals surface area contributed by atoms with Crippen LogP contribution in [-0.2, 0) is 22.6 Å². The summed E-state index contributed by atoms with van der Waals surface area (Å²) in [5, 5.41) is 0. The molecule has 0 aliphatic rings. The highest BCUT2D eigenvalue weighted by Gasteiger charge is 2.06. The topological polar surface area (TPSA) is 35.5 Å². The molecule has 0 unspecified atom stereocenters. The summed E-state index contributed by atoms with van der Waals surface area (Å²) in [6, 6.07) is 5.75. The van der Waals surface area contributed by atoms with Gasteiger partial charge < -0.3 is 9.47 Å². The van der Waals surface area contributed by atoms with Gasteiger partial charge in [-0.05, 0) is 24.6 Å². The van der Waals surface area contributed by atoms with Crippen molar-refractivity contribution in [2.45, 2.75) is 20.0 Å². The van der Waals surface area contributed by atoms with Crippen LogP contribution in [0.25, 0.3) is 0 Å². The molecule has 0 amide bonds. The van der Waals surface area contributed by atoms with Crippen molar-refractivity contribution in [2.75, 3.05) is 14.2 Å². The zero-order valence-corrected chi connectivity index (χ0v) is 9.37. The van der Waals surface area contributed by atoms with E-state index in [4.69, 9.17) is 9.47 Å². The van der Waals surface area contributed by atoms with Crippen molar-refractivity contribution in [1.29, 1.82) is 0 Å². The molecule has 0 heterocycles. The molecule has 1 aromatic carbocycles. The first-order chi connectivity index (χ1) is 7.17. The first-order valence-corrected chi connectivity index (χ1v) is 4.81. The van der Waals surface area contributed by atoms with E-state index < -0.39 is 0 Å². The maximum absolute atomic E-state index is 11.1. The second-order valence-corrected chi connectivity index (χ2v) is 3.46. The van der Waals surface area contributed by atoms with Gasteiger partial charge in [-0.3, -0.25) is 4.79 Å². The Balaban J connectivity index is 2.96. The van der Waals surface area contributed by atoms with Gasteiger partial charge in [0, 0.05) is 19.1 Å². The van der Waals surface area contributed by atoms with Gasteiger partial charge in [0.15, 0.2) is 0 Å². The Kier molecular flexibility index (Phi) is 4.31. The molecule has 0 fully saturated rings. The van der Waals surface area contributed by atoms with Crippen LogP contribution in [0.3, 0.4) is 0 Å². The van der Waals surface area contributed by atoms with Crippen molar-refractivity contribution in [2.24, 2.45) is 0 Å². The zero-order valence-electron chi connectivity index (χ0n) is 9.37. The summed E-state index contributed by atoms with van der Waals surface area (Å²) in [5.74, 6) is 0.882. The van der Waals surface area contributed by atoms with Crippen molar-refractivity contribution < 1.29 is 14.3 Å². The van der Waals surface area contributed by atoms with E-state index in [0.29, 0.717) is 13.0 Å². The molecule has 0 N–H and O–H groups in total. The second-order valence-electron chi connectivity index (χ2n) is 3.46. The van der Waals surface area contributed by atoms with E-state index in [2.05, 4.69) is 0 Å². The number of rotatable bonds is 5. The Morgan fingerprint density at radius 2 is 2.07 bits per heavy atom. The highest BCUT2D eigenvalue weighted by Crippen LogP contribution is 2.21. The van der Waals surface area contributed by atoms with E-state index in [9.17, 15) is 4.79 Å². The monoisotopic (exact) mass is 208 g/mol. The average Bonchev–Trinajstić information content (AvgIpc) is 2.18. The molecule has 0 aromatic heterocycles. The lowest BCUT2D eigenvalue weighted by atomic mass is 10.1. The lowest BCUT2D eigenvalue weighted by molar-refractivity contribution is -0.116.